The Balaban J connectivity index is 4.12. The second kappa shape index (κ2) is 3.92. The van der Waals surface area contributed by atoms with Gasteiger partial charge < -0.3 is 4.84 Å². The molecule has 0 aliphatic heterocycles. The van der Waals surface area contributed by atoms with E-state index in [1.54, 1.807) is 14.1 Å². The van der Waals surface area contributed by atoms with E-state index in [1.165, 1.54) is 18.9 Å². The number of amides is 1. The zero-order chi connectivity index (χ0) is 9.02. The molecule has 0 saturated carbocycles. The van der Waals surface area contributed by atoms with Crippen LogP contribution in [-0.4, -0.2) is 36.2 Å². The van der Waals surface area contributed by atoms with Gasteiger partial charge in [0.2, 0.25) is 0 Å². The maximum atomic E-state index is 10.7. The molecule has 0 atom stereocenters. The van der Waals surface area contributed by atoms with Crippen molar-refractivity contribution in [1.29, 1.82) is 0 Å². The quantitative estimate of drug-likeness (QED) is 0.498. The molecule has 0 spiro atoms. The first-order valence-corrected chi connectivity index (χ1v) is 3.11. The minimum Gasteiger partial charge on any atom is -0.323 e. The predicted octanol–water partition coefficient (Wildman–Crippen LogP) is -0.210. The molecule has 0 aliphatic carbocycles. The third kappa shape index (κ3) is 3.57. The molecule has 0 fully saturated rings. The van der Waals surface area contributed by atoms with Gasteiger partial charge in [-0.2, -0.15) is 5.01 Å². The van der Waals surface area contributed by atoms with Gasteiger partial charge in [-0.3, -0.25) is 4.79 Å². The van der Waals surface area contributed by atoms with Crippen molar-refractivity contribution in [2.45, 2.75) is 13.8 Å². The first kappa shape index (κ1) is 9.90. The van der Waals surface area contributed by atoms with Gasteiger partial charge in [0.25, 0.3) is 5.91 Å². The Morgan fingerprint density at radius 3 is 1.73 bits per heavy atom. The van der Waals surface area contributed by atoms with Crippen LogP contribution in [0.25, 0.3) is 0 Å². The lowest BCUT2D eigenvalue weighted by atomic mass is 10.7. The summed E-state index contributed by atoms with van der Waals surface area (Å²) in [6.45, 7) is 2.54. The van der Waals surface area contributed by atoms with E-state index in [0.29, 0.717) is 0 Å². The fourth-order valence-electron chi connectivity index (χ4n) is 0.549. The summed E-state index contributed by atoms with van der Waals surface area (Å²) in [4.78, 5) is 25.7. The Morgan fingerprint density at radius 2 is 1.64 bits per heavy atom. The molecule has 0 unspecified atom stereocenters. The number of hydrazine groups is 1. The van der Waals surface area contributed by atoms with Crippen LogP contribution < -0.4 is 0 Å². The lowest BCUT2D eigenvalue weighted by Gasteiger charge is -2.24. The van der Waals surface area contributed by atoms with Crippen LogP contribution in [0.3, 0.4) is 0 Å². The van der Waals surface area contributed by atoms with Crippen molar-refractivity contribution in [3.63, 3.8) is 0 Å². The van der Waals surface area contributed by atoms with Gasteiger partial charge in [0.05, 0.1) is 0 Å². The van der Waals surface area contributed by atoms with Crippen molar-refractivity contribution in [3.8, 4) is 0 Å². The Morgan fingerprint density at radius 1 is 1.18 bits per heavy atom. The standard InChI is InChI=1S/C6H12N2O3/c1-5(9)8(7(3)4)11-6(2)10/h1-4H3. The number of hydrogen-bond donors (Lipinski definition) is 0. The van der Waals surface area contributed by atoms with Crippen LogP contribution in [0.15, 0.2) is 0 Å². The highest BCUT2D eigenvalue weighted by Gasteiger charge is 2.13. The highest BCUT2D eigenvalue weighted by Crippen LogP contribution is 1.94. The molecule has 0 aliphatic rings. The van der Waals surface area contributed by atoms with Crippen LogP contribution in [-0.2, 0) is 14.4 Å². The Labute approximate surface area is 65.4 Å². The lowest BCUT2D eigenvalue weighted by Crippen LogP contribution is -2.41. The molecule has 0 aromatic heterocycles. The van der Waals surface area contributed by atoms with E-state index in [2.05, 4.69) is 4.84 Å². The van der Waals surface area contributed by atoms with Crippen LogP contribution in [0.2, 0.25) is 0 Å². The Kier molecular flexibility index (Phi) is 3.53. The maximum absolute atomic E-state index is 10.7. The summed E-state index contributed by atoms with van der Waals surface area (Å²) in [6, 6.07) is 0. The average molecular weight is 160 g/mol. The summed E-state index contributed by atoms with van der Waals surface area (Å²) in [7, 11) is 3.20. The molecule has 0 radical (unpaired) electrons. The van der Waals surface area contributed by atoms with Gasteiger partial charge in [0.15, 0.2) is 0 Å². The summed E-state index contributed by atoms with van der Waals surface area (Å²) in [5.74, 6) is -0.862. The molecular formula is C6H12N2O3. The first-order chi connectivity index (χ1) is 4.95. The average Bonchev–Trinajstić information content (AvgIpc) is 1.81. The van der Waals surface area contributed by atoms with Gasteiger partial charge in [-0.15, -0.1) is 0 Å². The molecule has 0 bridgehead atoms. The number of hydroxylamine groups is 1. The summed E-state index contributed by atoms with van der Waals surface area (Å²) >= 11 is 0. The highest BCUT2D eigenvalue weighted by atomic mass is 16.7. The molecular weight excluding hydrogens is 148 g/mol. The van der Waals surface area contributed by atoms with Crippen molar-refractivity contribution in [1.82, 2.24) is 10.2 Å². The second-order valence-electron chi connectivity index (χ2n) is 2.22. The zero-order valence-corrected chi connectivity index (χ0v) is 7.12. The van der Waals surface area contributed by atoms with Gasteiger partial charge in [0, 0.05) is 27.9 Å². The van der Waals surface area contributed by atoms with Crippen LogP contribution in [0.5, 0.6) is 0 Å². The van der Waals surface area contributed by atoms with E-state index in [1.807, 2.05) is 0 Å². The number of carbonyl (C=O) groups is 2. The molecule has 5 heteroatoms. The van der Waals surface area contributed by atoms with Crippen LogP contribution in [0.1, 0.15) is 13.8 Å². The van der Waals surface area contributed by atoms with E-state index in [-0.39, 0.29) is 5.91 Å². The molecule has 0 aromatic carbocycles. The topological polar surface area (TPSA) is 49.9 Å². The van der Waals surface area contributed by atoms with Crippen molar-refractivity contribution in [3.05, 3.63) is 0 Å². The van der Waals surface area contributed by atoms with Crippen LogP contribution >= 0.6 is 0 Å². The monoisotopic (exact) mass is 160 g/mol. The number of nitrogens with zero attached hydrogens (tertiary/aromatic N) is 2. The van der Waals surface area contributed by atoms with Gasteiger partial charge in [0.1, 0.15) is 0 Å². The third-order valence-electron chi connectivity index (χ3n) is 0.848. The molecule has 0 aromatic rings. The van der Waals surface area contributed by atoms with Crippen LogP contribution in [0.4, 0.5) is 0 Å². The summed E-state index contributed by atoms with van der Waals surface area (Å²) < 4.78 is 0. The summed E-state index contributed by atoms with van der Waals surface area (Å²) in [6.07, 6.45) is 0. The third-order valence-corrected chi connectivity index (χ3v) is 0.848. The smallest absolute Gasteiger partial charge is 0.323 e. The zero-order valence-electron chi connectivity index (χ0n) is 7.12. The molecule has 0 heterocycles. The predicted molar refractivity (Wildman–Crippen MR) is 38.0 cm³/mol. The van der Waals surface area contributed by atoms with Crippen molar-refractivity contribution < 1.29 is 14.4 Å². The van der Waals surface area contributed by atoms with Crippen LogP contribution in [0, 0.1) is 0 Å². The Bertz CT molecular complexity index is 167. The van der Waals surface area contributed by atoms with Crippen molar-refractivity contribution >= 4 is 11.9 Å². The largest absolute Gasteiger partial charge is 0.331 e. The minimum absolute atomic E-state index is 0.342. The molecule has 11 heavy (non-hydrogen) atoms. The number of rotatable bonds is 1. The fourth-order valence-corrected chi connectivity index (χ4v) is 0.549. The van der Waals surface area contributed by atoms with E-state index in [4.69, 9.17) is 0 Å². The van der Waals surface area contributed by atoms with E-state index in [0.717, 1.165) is 5.17 Å². The molecule has 0 saturated heterocycles. The van der Waals surface area contributed by atoms with E-state index in [9.17, 15) is 9.59 Å². The van der Waals surface area contributed by atoms with Gasteiger partial charge in [-0.1, -0.05) is 5.17 Å². The van der Waals surface area contributed by atoms with Crippen molar-refractivity contribution in [2.75, 3.05) is 14.1 Å². The molecule has 64 valence electrons. The van der Waals surface area contributed by atoms with Gasteiger partial charge >= 0.3 is 5.97 Å². The second-order valence-corrected chi connectivity index (χ2v) is 2.22. The summed E-state index contributed by atoms with van der Waals surface area (Å²) in [5.41, 5.74) is 0. The first-order valence-electron chi connectivity index (χ1n) is 3.11. The number of carbonyl (C=O) groups excluding carboxylic acids is 2. The van der Waals surface area contributed by atoms with E-state index < -0.39 is 5.97 Å². The number of hydrogen-bond acceptors (Lipinski definition) is 4. The highest BCUT2D eigenvalue weighted by molar-refractivity contribution is 5.74. The normalized spacial score (nSPS) is 9.55. The molecule has 0 N–H and O–H groups in total. The maximum Gasteiger partial charge on any atom is 0.331 e. The van der Waals surface area contributed by atoms with Crippen molar-refractivity contribution in [2.24, 2.45) is 0 Å². The van der Waals surface area contributed by atoms with E-state index >= 15 is 0 Å². The molecule has 5 nitrogen and oxygen atoms in total. The molecule has 1 amide bonds. The van der Waals surface area contributed by atoms with Gasteiger partial charge in [-0.25, -0.2) is 4.79 Å². The Hall–Kier alpha value is -1.10. The minimum atomic E-state index is -0.520. The lowest BCUT2D eigenvalue weighted by molar-refractivity contribution is -0.244. The fraction of sp³-hybridized carbons (Fsp3) is 0.667. The molecule has 0 rings (SSSR count). The SMILES string of the molecule is CC(=O)ON(C(C)=O)N(C)C. The summed E-state index contributed by atoms with van der Waals surface area (Å²) in [5, 5.41) is 2.26. The van der Waals surface area contributed by atoms with Gasteiger partial charge in [-0.05, 0) is 0 Å².